The van der Waals surface area contributed by atoms with Gasteiger partial charge in [-0.25, -0.2) is 0 Å². The van der Waals surface area contributed by atoms with Crippen LogP contribution in [0.5, 0.6) is 0 Å². The van der Waals surface area contributed by atoms with Gasteiger partial charge >= 0.3 is 20.1 Å². The van der Waals surface area contributed by atoms with Crippen molar-refractivity contribution in [2.24, 2.45) is 0 Å². The smallest absolute Gasteiger partial charge is 0.300 e. The Morgan fingerprint density at radius 2 is 0.843 bits per heavy atom. The van der Waals surface area contributed by atoms with Crippen molar-refractivity contribution in [3.8, 4) is 44.9 Å². The zero-order valence-corrected chi connectivity index (χ0v) is 31.4. The monoisotopic (exact) mass is 848 g/mol. The van der Waals surface area contributed by atoms with E-state index in [1.165, 1.54) is 30.5 Å². The first kappa shape index (κ1) is 39.8. The number of benzene rings is 4. The summed E-state index contributed by atoms with van der Waals surface area (Å²) in [6, 6.07) is 55.2. The van der Waals surface area contributed by atoms with Gasteiger partial charge < -0.3 is 0 Å². The molecule has 254 valence electrons. The molecule has 6 heteroatoms. The Morgan fingerprint density at radius 3 is 1.24 bits per heavy atom. The van der Waals surface area contributed by atoms with E-state index in [2.05, 4.69) is 88.6 Å². The van der Waals surface area contributed by atoms with Gasteiger partial charge in [-0.2, -0.15) is 0 Å². The van der Waals surface area contributed by atoms with Crippen LogP contribution in [0.15, 0.2) is 182 Å². The molecule has 0 unspecified atom stereocenters. The van der Waals surface area contributed by atoms with E-state index in [4.69, 9.17) is 0 Å². The molecule has 0 aliphatic heterocycles. The van der Waals surface area contributed by atoms with Crippen molar-refractivity contribution in [3.63, 3.8) is 0 Å². The van der Waals surface area contributed by atoms with Crippen molar-refractivity contribution in [2.75, 3.05) is 0 Å². The minimum Gasteiger partial charge on any atom is -0.300 e. The fraction of sp³-hybridized carbons (Fsp3) is 0.0889. The number of Topliss-reactive ketones (excluding diaryl/α,β-unsaturated/α-hetero) is 2. The molecule has 0 saturated carbocycles. The second kappa shape index (κ2) is 22.1. The summed E-state index contributed by atoms with van der Waals surface area (Å²) in [5.41, 5.74) is 10.2. The number of nitrogens with zero attached hydrogens (tertiary/aromatic N) is 3. The minimum absolute atomic E-state index is 0. The summed E-state index contributed by atoms with van der Waals surface area (Å²) in [6.07, 6.45) is 5.55. The van der Waals surface area contributed by atoms with Crippen LogP contribution in [0.3, 0.4) is 0 Å². The number of carbonyl (C=O) groups is 2. The largest absolute Gasteiger partial charge is 3.00 e. The molecule has 0 aliphatic carbocycles. The summed E-state index contributed by atoms with van der Waals surface area (Å²) in [6.45, 7) is 4.91. The number of aryl methyl sites for hydroxylation is 1. The Morgan fingerprint density at radius 1 is 0.431 bits per heavy atom. The predicted octanol–water partition coefficient (Wildman–Crippen LogP) is 10.8. The molecule has 3 heterocycles. The molecule has 0 radical (unpaired) electrons. The Balaban J connectivity index is 0.000000193. The molecular weight excluding hydrogens is 807 g/mol. The molecule has 0 saturated heterocycles. The topological polar surface area (TPSA) is 72.8 Å². The summed E-state index contributed by atoms with van der Waals surface area (Å²) in [4.78, 5) is 33.1. The van der Waals surface area contributed by atoms with E-state index in [9.17, 15) is 9.59 Å². The summed E-state index contributed by atoms with van der Waals surface area (Å²) in [5.74, 6) is -0.125. The van der Waals surface area contributed by atoms with E-state index in [1.54, 1.807) is 0 Å². The van der Waals surface area contributed by atoms with Crippen LogP contribution in [0, 0.1) is 6.92 Å². The fourth-order valence-electron chi connectivity index (χ4n) is 4.83. The third-order valence-corrected chi connectivity index (χ3v) is 7.18. The number of hydrogen-bond donors (Lipinski definition) is 0. The first-order valence-electron chi connectivity index (χ1n) is 16.4. The molecule has 4 aromatic carbocycles. The molecule has 7 aromatic rings. The second-order valence-electron chi connectivity index (χ2n) is 11.4. The third kappa shape index (κ3) is 14.0. The van der Waals surface area contributed by atoms with Crippen molar-refractivity contribution in [3.05, 3.63) is 188 Å². The molecular formula is C45H41IrN3O2+3. The number of rotatable bonds is 6. The third-order valence-electron chi connectivity index (χ3n) is 7.18. The molecule has 0 amide bonds. The van der Waals surface area contributed by atoms with Gasteiger partial charge in [0.25, 0.3) is 0 Å². The van der Waals surface area contributed by atoms with Gasteiger partial charge in [0.1, 0.15) is 11.6 Å². The van der Waals surface area contributed by atoms with Gasteiger partial charge in [-0.05, 0) is 56.7 Å². The summed E-state index contributed by atoms with van der Waals surface area (Å²) in [5, 5.41) is 0. The second-order valence-corrected chi connectivity index (χ2v) is 11.4. The van der Waals surface area contributed by atoms with Crippen LogP contribution in [-0.2, 0) is 29.7 Å². The minimum atomic E-state index is -0.0625. The van der Waals surface area contributed by atoms with Crippen molar-refractivity contribution in [2.45, 2.75) is 27.2 Å². The Labute approximate surface area is 314 Å². The van der Waals surface area contributed by atoms with Crippen LogP contribution >= 0.6 is 0 Å². The van der Waals surface area contributed by atoms with Gasteiger partial charge in [0.05, 0.1) is 23.5 Å². The number of hydrogen-bond acceptors (Lipinski definition) is 5. The van der Waals surface area contributed by atoms with Gasteiger partial charge in [0.15, 0.2) is 0 Å². The van der Waals surface area contributed by atoms with Gasteiger partial charge in [0.2, 0.25) is 0 Å². The molecule has 0 aliphatic rings. The summed E-state index contributed by atoms with van der Waals surface area (Å²) < 4.78 is 0. The average Bonchev–Trinajstić information content (AvgIpc) is 3.17. The van der Waals surface area contributed by atoms with Crippen LogP contribution in [0.25, 0.3) is 44.9 Å². The van der Waals surface area contributed by atoms with Crippen LogP contribution < -0.4 is 0 Å². The van der Waals surface area contributed by atoms with E-state index in [0.717, 1.165) is 33.8 Å². The zero-order chi connectivity index (χ0) is 35.4. The van der Waals surface area contributed by atoms with E-state index < -0.39 is 0 Å². The Bertz CT molecular complexity index is 1850. The SMILES string of the molecule is CC(=O)CC(C)=O.Cc1ccc(-c2cccnc2-c2ccccc2)cc1.[Ir+3].c1ccc(-c2ccccn2)cc1.c1ccc(-c2ccccn2)cc1. The normalized spacial score (nSPS) is 9.55. The predicted molar refractivity (Wildman–Crippen MR) is 205 cm³/mol. The van der Waals surface area contributed by atoms with Gasteiger partial charge in [-0.1, -0.05) is 139 Å². The molecule has 3 aromatic heterocycles. The van der Waals surface area contributed by atoms with Crippen LogP contribution in [0.2, 0.25) is 0 Å². The number of ketones is 2. The summed E-state index contributed by atoms with van der Waals surface area (Å²) in [7, 11) is 0. The maximum Gasteiger partial charge on any atom is 3.00 e. The maximum absolute atomic E-state index is 10.0. The van der Waals surface area contributed by atoms with Crippen LogP contribution in [0.4, 0.5) is 0 Å². The first-order valence-corrected chi connectivity index (χ1v) is 16.4. The molecule has 5 nitrogen and oxygen atoms in total. The fourth-order valence-corrected chi connectivity index (χ4v) is 4.83. The van der Waals surface area contributed by atoms with Crippen molar-refractivity contribution < 1.29 is 29.7 Å². The molecule has 0 atom stereocenters. The first-order chi connectivity index (χ1) is 24.4. The van der Waals surface area contributed by atoms with Gasteiger partial charge in [0, 0.05) is 40.8 Å². The van der Waals surface area contributed by atoms with Crippen molar-refractivity contribution in [1.82, 2.24) is 15.0 Å². The van der Waals surface area contributed by atoms with E-state index in [1.807, 2.05) is 116 Å². The maximum atomic E-state index is 10.0. The Hall–Kier alpha value is -5.68. The summed E-state index contributed by atoms with van der Waals surface area (Å²) >= 11 is 0. The van der Waals surface area contributed by atoms with Gasteiger partial charge in [-0.15, -0.1) is 0 Å². The average molecular weight is 848 g/mol. The molecule has 51 heavy (non-hydrogen) atoms. The number of carbonyl (C=O) groups excluding carboxylic acids is 2. The number of aromatic nitrogens is 3. The van der Waals surface area contributed by atoms with Crippen LogP contribution in [0.1, 0.15) is 25.8 Å². The molecule has 0 spiro atoms. The van der Waals surface area contributed by atoms with Crippen LogP contribution in [-0.4, -0.2) is 26.5 Å². The molecule has 0 bridgehead atoms. The molecule has 7 rings (SSSR count). The van der Waals surface area contributed by atoms with Gasteiger partial charge in [-0.3, -0.25) is 24.5 Å². The zero-order valence-electron chi connectivity index (χ0n) is 29.0. The van der Waals surface area contributed by atoms with E-state index in [0.29, 0.717) is 0 Å². The molecule has 0 fully saturated rings. The molecule has 0 N–H and O–H groups in total. The van der Waals surface area contributed by atoms with E-state index in [-0.39, 0.29) is 38.1 Å². The quantitative estimate of drug-likeness (QED) is 0.156. The standard InChI is InChI=1S/C18H15N.2C11H9N.C5H8O2.Ir/c1-14-9-11-15(12-10-14)17-8-5-13-19-18(17)16-6-3-2-4-7-16;2*1-2-6-10(7-3-1)11-8-4-5-9-12-11;1-4(6)3-5(2)7;/h2-13H,1H3;2*1-9H;3H2,1-2H3;/q;;;;+3. The van der Waals surface area contributed by atoms with Crippen molar-refractivity contribution >= 4 is 11.6 Å². The Kier molecular flexibility index (Phi) is 17.2. The number of pyridine rings is 3. The van der Waals surface area contributed by atoms with Crippen molar-refractivity contribution in [1.29, 1.82) is 0 Å². The van der Waals surface area contributed by atoms with E-state index >= 15 is 0 Å².